The van der Waals surface area contributed by atoms with E-state index in [1.54, 1.807) is 34.1 Å². The van der Waals surface area contributed by atoms with Crippen LogP contribution < -0.4 is 15.1 Å². The molecule has 0 aliphatic heterocycles. The van der Waals surface area contributed by atoms with Gasteiger partial charge in [-0.1, -0.05) is 23.7 Å². The molecule has 0 aliphatic rings. The summed E-state index contributed by atoms with van der Waals surface area (Å²) in [5, 5.41) is 21.0. The van der Waals surface area contributed by atoms with Gasteiger partial charge in [-0.3, -0.25) is 0 Å². The molecule has 166 valence electrons. The summed E-state index contributed by atoms with van der Waals surface area (Å²) in [6, 6.07) is 7.08. The number of aliphatic carboxylic acids is 1. The lowest BCUT2D eigenvalue weighted by molar-refractivity contribution is -0.192. The van der Waals surface area contributed by atoms with Crippen molar-refractivity contribution in [3.8, 4) is 0 Å². The maximum absolute atomic E-state index is 10.6. The molecule has 0 saturated heterocycles. The Morgan fingerprint density at radius 2 is 1.50 bits per heavy atom. The maximum atomic E-state index is 10.6. The van der Waals surface area contributed by atoms with Gasteiger partial charge in [-0.2, -0.15) is 28.1 Å². The molecule has 0 saturated carbocycles. The second-order valence-corrected chi connectivity index (χ2v) is 6.74. The van der Waals surface area contributed by atoms with E-state index in [1.807, 2.05) is 28.2 Å². The van der Waals surface area contributed by atoms with E-state index in [1.165, 1.54) is 0 Å². The number of carboxylic acid groups (broad SMARTS) is 1. The molecule has 0 fully saturated rings. The zero-order chi connectivity index (χ0) is 23.1. The molecule has 30 heavy (non-hydrogen) atoms. The zero-order valence-corrected chi connectivity index (χ0v) is 17.4. The summed E-state index contributed by atoms with van der Waals surface area (Å²) in [5.41, 5.74) is 0.775. The van der Waals surface area contributed by atoms with Crippen LogP contribution in [0.4, 0.5) is 31.0 Å². The first-order valence-electron chi connectivity index (χ1n) is 8.39. The minimum absolute atomic E-state index is 0.283. The quantitative estimate of drug-likeness (QED) is 0.610. The molecule has 9 nitrogen and oxygen atoms in total. The van der Waals surface area contributed by atoms with E-state index in [9.17, 15) is 18.3 Å². The van der Waals surface area contributed by atoms with Gasteiger partial charge in [-0.25, -0.2) is 4.79 Å². The summed E-state index contributed by atoms with van der Waals surface area (Å²) in [6.45, 7) is 0.283. The van der Waals surface area contributed by atoms with Crippen LogP contribution in [0.3, 0.4) is 0 Å². The number of carbonyl (C=O) groups is 1. The van der Waals surface area contributed by atoms with Gasteiger partial charge in [0.1, 0.15) is 0 Å². The van der Waals surface area contributed by atoms with Crippen molar-refractivity contribution < 1.29 is 28.2 Å². The molecule has 2 aromatic rings. The molecule has 13 heteroatoms. The average Bonchev–Trinajstić information content (AvgIpc) is 2.66. The fourth-order valence-electron chi connectivity index (χ4n) is 1.82. The van der Waals surface area contributed by atoms with E-state index in [2.05, 4.69) is 20.3 Å². The Balaban J connectivity index is 0.000000553. The van der Waals surface area contributed by atoms with Gasteiger partial charge in [0, 0.05) is 39.8 Å². The van der Waals surface area contributed by atoms with Gasteiger partial charge in [-0.15, -0.1) is 0 Å². The van der Waals surface area contributed by atoms with E-state index < -0.39 is 18.2 Å². The Hall–Kier alpha value is -2.86. The van der Waals surface area contributed by atoms with E-state index >= 15 is 0 Å². The van der Waals surface area contributed by atoms with Crippen molar-refractivity contribution in [2.45, 2.75) is 12.3 Å². The topological polar surface area (TPSA) is 115 Å². The molecule has 0 spiro atoms. The van der Waals surface area contributed by atoms with Crippen LogP contribution in [0.5, 0.6) is 0 Å². The number of nitrogens with one attached hydrogen (secondary N) is 1. The monoisotopic (exact) mass is 450 g/mol. The molecule has 0 bridgehead atoms. The molecular weight excluding hydrogens is 429 g/mol. The highest BCUT2D eigenvalue weighted by atomic mass is 35.5. The predicted molar refractivity (Wildman–Crippen MR) is 107 cm³/mol. The first-order chi connectivity index (χ1) is 13.8. The number of alkyl halides is 3. The van der Waals surface area contributed by atoms with Crippen molar-refractivity contribution in [3.63, 3.8) is 0 Å². The summed E-state index contributed by atoms with van der Waals surface area (Å²) < 4.78 is 31.7. The zero-order valence-electron chi connectivity index (χ0n) is 16.6. The van der Waals surface area contributed by atoms with E-state index in [-0.39, 0.29) is 6.54 Å². The molecule has 1 aromatic carbocycles. The number of hydrogen-bond donors (Lipinski definition) is 3. The average molecular weight is 451 g/mol. The SMILES string of the molecule is CN(C)c1nc(NC[C@@H](O)c2ccc(Cl)cc2)nc(N(C)C)n1.O=C(O)C(F)(F)F. The number of aliphatic hydroxyl groups is 1. The van der Waals surface area contributed by atoms with Gasteiger partial charge in [-0.05, 0) is 17.7 Å². The Bertz CT molecular complexity index is 808. The fraction of sp³-hybridized carbons (Fsp3) is 0.412. The second kappa shape index (κ2) is 10.8. The first kappa shape index (κ1) is 25.2. The minimum atomic E-state index is -5.08. The predicted octanol–water partition coefficient (Wildman–Crippen LogP) is 2.44. The fourth-order valence-corrected chi connectivity index (χ4v) is 1.95. The molecule has 1 heterocycles. The van der Waals surface area contributed by atoms with Crippen molar-refractivity contribution in [3.05, 3.63) is 34.9 Å². The van der Waals surface area contributed by atoms with Crippen molar-refractivity contribution in [1.82, 2.24) is 15.0 Å². The molecular formula is C17H22ClF3N6O3. The number of benzene rings is 1. The number of rotatable bonds is 6. The number of aliphatic hydroxyl groups excluding tert-OH is 1. The summed E-state index contributed by atoms with van der Waals surface area (Å²) in [4.78, 5) is 25.5. The number of aromatic nitrogens is 3. The van der Waals surface area contributed by atoms with Crippen molar-refractivity contribution in [2.24, 2.45) is 0 Å². The van der Waals surface area contributed by atoms with Gasteiger partial charge in [0.25, 0.3) is 0 Å². The summed E-state index contributed by atoms with van der Waals surface area (Å²) in [7, 11) is 7.45. The molecule has 1 atom stereocenters. The standard InChI is InChI=1S/C15H21ClN6O.C2HF3O2/c1-21(2)14-18-13(19-15(20-14)22(3)4)17-9-12(23)10-5-7-11(16)8-6-10;3-2(4,5)1(6)7/h5-8,12,23H,9H2,1-4H3,(H,17,18,19,20);(H,6,7)/t12-;/m1./s1. The Labute approximate surface area is 176 Å². The Morgan fingerprint density at radius 1 is 1.07 bits per heavy atom. The molecule has 0 aliphatic carbocycles. The van der Waals surface area contributed by atoms with Crippen LogP contribution >= 0.6 is 11.6 Å². The van der Waals surface area contributed by atoms with Crippen LogP contribution in [-0.2, 0) is 4.79 Å². The second-order valence-electron chi connectivity index (χ2n) is 6.30. The highest BCUT2D eigenvalue weighted by Crippen LogP contribution is 2.18. The van der Waals surface area contributed by atoms with Crippen LogP contribution in [-0.4, -0.2) is 72.0 Å². The largest absolute Gasteiger partial charge is 0.490 e. The van der Waals surface area contributed by atoms with Crippen molar-refractivity contribution in [1.29, 1.82) is 0 Å². The molecule has 0 unspecified atom stereocenters. The molecule has 0 radical (unpaired) electrons. The minimum Gasteiger partial charge on any atom is -0.475 e. The van der Waals surface area contributed by atoms with Crippen LogP contribution in [0.1, 0.15) is 11.7 Å². The normalized spacial score (nSPS) is 11.8. The van der Waals surface area contributed by atoms with Crippen molar-refractivity contribution in [2.75, 3.05) is 49.9 Å². The number of nitrogens with zero attached hydrogens (tertiary/aromatic N) is 5. The highest BCUT2D eigenvalue weighted by molar-refractivity contribution is 6.30. The number of carboxylic acids is 1. The van der Waals surface area contributed by atoms with E-state index in [0.29, 0.717) is 22.9 Å². The van der Waals surface area contributed by atoms with E-state index in [0.717, 1.165) is 5.56 Å². The van der Waals surface area contributed by atoms with E-state index in [4.69, 9.17) is 21.5 Å². The lowest BCUT2D eigenvalue weighted by atomic mass is 10.1. The molecule has 1 aromatic heterocycles. The number of hydrogen-bond acceptors (Lipinski definition) is 8. The lowest BCUT2D eigenvalue weighted by Gasteiger charge is -2.17. The third kappa shape index (κ3) is 8.25. The highest BCUT2D eigenvalue weighted by Gasteiger charge is 2.38. The van der Waals surface area contributed by atoms with Gasteiger partial charge in [0.2, 0.25) is 17.8 Å². The van der Waals surface area contributed by atoms with Crippen LogP contribution in [0.25, 0.3) is 0 Å². The summed E-state index contributed by atoms with van der Waals surface area (Å²) in [6.07, 6.45) is -5.77. The maximum Gasteiger partial charge on any atom is 0.490 e. The van der Waals surface area contributed by atoms with Gasteiger partial charge in [0.15, 0.2) is 0 Å². The summed E-state index contributed by atoms with van der Waals surface area (Å²) >= 11 is 5.85. The van der Waals surface area contributed by atoms with Crippen LogP contribution in [0.2, 0.25) is 5.02 Å². The lowest BCUT2D eigenvalue weighted by Crippen LogP contribution is -2.21. The third-order valence-corrected chi connectivity index (χ3v) is 3.61. The number of anilines is 3. The third-order valence-electron chi connectivity index (χ3n) is 3.36. The Morgan fingerprint density at radius 3 is 1.87 bits per heavy atom. The smallest absolute Gasteiger partial charge is 0.475 e. The summed E-state index contributed by atoms with van der Waals surface area (Å²) in [5.74, 6) is -1.24. The van der Waals surface area contributed by atoms with Gasteiger partial charge in [0.05, 0.1) is 6.10 Å². The molecule has 2 rings (SSSR count). The molecule has 0 amide bonds. The first-order valence-corrected chi connectivity index (χ1v) is 8.77. The Kier molecular flexibility index (Phi) is 9.05. The van der Waals surface area contributed by atoms with Gasteiger partial charge >= 0.3 is 12.1 Å². The van der Waals surface area contributed by atoms with Crippen LogP contribution in [0, 0.1) is 0 Å². The van der Waals surface area contributed by atoms with Crippen LogP contribution in [0.15, 0.2) is 24.3 Å². The van der Waals surface area contributed by atoms with Crippen molar-refractivity contribution >= 4 is 35.4 Å². The number of halogens is 4. The molecule has 3 N–H and O–H groups in total. The van der Waals surface area contributed by atoms with Gasteiger partial charge < -0.3 is 25.3 Å².